The van der Waals surface area contributed by atoms with Crippen LogP contribution in [0.2, 0.25) is 0 Å². The summed E-state index contributed by atoms with van der Waals surface area (Å²) in [6, 6.07) is 0. The quantitative estimate of drug-likeness (QED) is 0.498. The second-order valence-electron chi connectivity index (χ2n) is 2.77. The molecule has 0 aromatic rings. The van der Waals surface area contributed by atoms with Crippen molar-refractivity contribution in [3.05, 3.63) is 0 Å². The summed E-state index contributed by atoms with van der Waals surface area (Å²) in [6.07, 6.45) is 0. The molecule has 0 spiro atoms. The number of fused-ring (bicyclic) bond motifs is 1. The minimum absolute atomic E-state index is 0. The maximum Gasteiger partial charge on any atom is 0.224 e. The van der Waals surface area contributed by atoms with E-state index in [-0.39, 0.29) is 24.2 Å². The molecule has 2 heterocycles. The Morgan fingerprint density at radius 2 is 2.10 bits per heavy atom. The van der Waals surface area contributed by atoms with Crippen LogP contribution in [0.25, 0.3) is 0 Å². The third-order valence-corrected chi connectivity index (χ3v) is 2.22. The molecule has 2 N–H and O–H groups in total. The Morgan fingerprint density at radius 3 is 2.80 bits per heavy atom. The van der Waals surface area contributed by atoms with Crippen LogP contribution in [0.5, 0.6) is 0 Å². The van der Waals surface area contributed by atoms with Crippen molar-refractivity contribution < 1.29 is 4.79 Å². The molecule has 2 fully saturated rings. The lowest BCUT2D eigenvalue weighted by Crippen LogP contribution is -2.24. The highest BCUT2D eigenvalue weighted by Crippen LogP contribution is 2.20. The molecule has 0 aromatic carbocycles. The van der Waals surface area contributed by atoms with Crippen LogP contribution in [0.1, 0.15) is 0 Å². The number of rotatable bonds is 0. The molecule has 4 heteroatoms. The van der Waals surface area contributed by atoms with Gasteiger partial charge in [0.15, 0.2) is 0 Å². The zero-order valence-electron chi connectivity index (χ0n) is 5.59. The Bertz CT molecular complexity index is 151. The molecule has 2 aliphatic heterocycles. The van der Waals surface area contributed by atoms with Gasteiger partial charge in [0, 0.05) is 25.6 Å². The fourth-order valence-corrected chi connectivity index (χ4v) is 1.62. The molecule has 0 unspecified atom stereocenters. The van der Waals surface area contributed by atoms with Crippen molar-refractivity contribution in [2.45, 2.75) is 0 Å². The number of amides is 1. The number of hydrogen-bond donors (Lipinski definition) is 2. The van der Waals surface area contributed by atoms with Gasteiger partial charge >= 0.3 is 0 Å². The average molecular weight is 163 g/mol. The van der Waals surface area contributed by atoms with E-state index in [0.717, 1.165) is 19.6 Å². The van der Waals surface area contributed by atoms with E-state index in [9.17, 15) is 4.79 Å². The van der Waals surface area contributed by atoms with Crippen LogP contribution in [0.15, 0.2) is 0 Å². The summed E-state index contributed by atoms with van der Waals surface area (Å²) in [6.45, 7) is 2.79. The Balaban J connectivity index is 0.000000500. The van der Waals surface area contributed by atoms with Crippen LogP contribution < -0.4 is 10.6 Å². The van der Waals surface area contributed by atoms with Gasteiger partial charge in [0.05, 0.1) is 5.92 Å². The smallest absolute Gasteiger partial charge is 0.224 e. The highest BCUT2D eigenvalue weighted by atomic mass is 35.5. The summed E-state index contributed by atoms with van der Waals surface area (Å²) in [4.78, 5) is 10.9. The normalized spacial score (nSPS) is 36.6. The van der Waals surface area contributed by atoms with Crippen LogP contribution in [-0.4, -0.2) is 25.5 Å². The first-order chi connectivity index (χ1) is 4.38. The third kappa shape index (κ3) is 0.995. The van der Waals surface area contributed by atoms with Crippen molar-refractivity contribution in [3.63, 3.8) is 0 Å². The van der Waals surface area contributed by atoms with Gasteiger partial charge < -0.3 is 10.6 Å². The van der Waals surface area contributed by atoms with Gasteiger partial charge in [-0.05, 0) is 0 Å². The molecular weight excluding hydrogens is 152 g/mol. The zero-order valence-corrected chi connectivity index (χ0v) is 6.41. The van der Waals surface area contributed by atoms with E-state index >= 15 is 0 Å². The maximum absolute atomic E-state index is 10.9. The molecule has 10 heavy (non-hydrogen) atoms. The summed E-state index contributed by atoms with van der Waals surface area (Å²) >= 11 is 0. The van der Waals surface area contributed by atoms with Crippen LogP contribution >= 0.6 is 12.4 Å². The molecule has 0 radical (unpaired) electrons. The minimum atomic E-state index is 0. The number of halogens is 1. The van der Waals surface area contributed by atoms with Crippen molar-refractivity contribution in [3.8, 4) is 0 Å². The molecule has 2 atom stereocenters. The molecule has 2 aliphatic rings. The van der Waals surface area contributed by atoms with Gasteiger partial charge in [0.1, 0.15) is 0 Å². The Hall–Kier alpha value is -0.280. The zero-order chi connectivity index (χ0) is 6.27. The van der Waals surface area contributed by atoms with Gasteiger partial charge in [-0.1, -0.05) is 0 Å². The number of carbonyl (C=O) groups excluding carboxylic acids is 1. The second-order valence-corrected chi connectivity index (χ2v) is 2.77. The Morgan fingerprint density at radius 1 is 1.30 bits per heavy atom. The Kier molecular flexibility index (Phi) is 2.16. The Labute approximate surface area is 66.0 Å². The fraction of sp³-hybridized carbons (Fsp3) is 0.833. The highest BCUT2D eigenvalue weighted by Gasteiger charge is 2.37. The van der Waals surface area contributed by atoms with E-state index < -0.39 is 0 Å². The van der Waals surface area contributed by atoms with Crippen LogP contribution in [0.4, 0.5) is 0 Å². The number of nitrogens with one attached hydrogen (secondary N) is 2. The predicted molar refractivity (Wildman–Crippen MR) is 40.1 cm³/mol. The van der Waals surface area contributed by atoms with Crippen LogP contribution in [0, 0.1) is 11.8 Å². The van der Waals surface area contributed by atoms with Gasteiger partial charge in [-0.2, -0.15) is 0 Å². The molecule has 58 valence electrons. The summed E-state index contributed by atoms with van der Waals surface area (Å²) < 4.78 is 0. The molecule has 1 amide bonds. The molecule has 2 rings (SSSR count). The van der Waals surface area contributed by atoms with Gasteiger partial charge in [0.25, 0.3) is 0 Å². The van der Waals surface area contributed by atoms with Crippen LogP contribution in [0.3, 0.4) is 0 Å². The first kappa shape index (κ1) is 7.82. The standard InChI is InChI=1S/C6H10N2O.ClH/c9-6-5-3-7-1-4(5)2-8-6;/h4-5,7H,1-3H2,(H,8,9);1H/t4-,5-;/m0./s1. The first-order valence-corrected chi connectivity index (χ1v) is 3.36. The molecule has 0 aromatic heterocycles. The number of hydrogen-bond acceptors (Lipinski definition) is 2. The van der Waals surface area contributed by atoms with E-state index in [2.05, 4.69) is 10.6 Å². The van der Waals surface area contributed by atoms with Crippen molar-refractivity contribution in [2.24, 2.45) is 11.8 Å². The maximum atomic E-state index is 10.9. The lowest BCUT2D eigenvalue weighted by atomic mass is 10.0. The monoisotopic (exact) mass is 162 g/mol. The first-order valence-electron chi connectivity index (χ1n) is 3.36. The van der Waals surface area contributed by atoms with Crippen molar-refractivity contribution in [1.82, 2.24) is 10.6 Å². The van der Waals surface area contributed by atoms with E-state index in [1.165, 1.54) is 0 Å². The van der Waals surface area contributed by atoms with Crippen molar-refractivity contribution in [2.75, 3.05) is 19.6 Å². The lowest BCUT2D eigenvalue weighted by molar-refractivity contribution is -0.122. The SMILES string of the molecule is Cl.O=C1NC[C@@H]2CNC[C@H]12. The molecular formula is C6H11ClN2O. The summed E-state index contributed by atoms with van der Waals surface area (Å²) in [5, 5.41) is 6.04. The predicted octanol–water partition coefficient (Wildman–Crippen LogP) is -0.626. The van der Waals surface area contributed by atoms with Gasteiger partial charge in [-0.15, -0.1) is 12.4 Å². The van der Waals surface area contributed by atoms with E-state index in [4.69, 9.17) is 0 Å². The summed E-state index contributed by atoms with van der Waals surface area (Å²) in [5.41, 5.74) is 0. The molecule has 0 saturated carbocycles. The fourth-order valence-electron chi connectivity index (χ4n) is 1.62. The van der Waals surface area contributed by atoms with Crippen molar-refractivity contribution in [1.29, 1.82) is 0 Å². The van der Waals surface area contributed by atoms with Crippen LogP contribution in [-0.2, 0) is 4.79 Å². The van der Waals surface area contributed by atoms with Gasteiger partial charge in [-0.3, -0.25) is 4.79 Å². The average Bonchev–Trinajstić information content (AvgIpc) is 2.35. The largest absolute Gasteiger partial charge is 0.355 e. The van der Waals surface area contributed by atoms with Gasteiger partial charge in [-0.25, -0.2) is 0 Å². The van der Waals surface area contributed by atoms with Gasteiger partial charge in [0.2, 0.25) is 5.91 Å². The third-order valence-electron chi connectivity index (χ3n) is 2.22. The topological polar surface area (TPSA) is 41.1 Å². The molecule has 0 bridgehead atoms. The lowest BCUT2D eigenvalue weighted by Gasteiger charge is -1.98. The second kappa shape index (κ2) is 2.76. The number of carbonyl (C=O) groups is 1. The molecule has 3 nitrogen and oxygen atoms in total. The molecule has 0 aliphatic carbocycles. The van der Waals surface area contributed by atoms with Crippen molar-refractivity contribution >= 4 is 18.3 Å². The highest BCUT2D eigenvalue weighted by molar-refractivity contribution is 5.85. The van der Waals surface area contributed by atoms with E-state index in [0.29, 0.717) is 5.92 Å². The minimum Gasteiger partial charge on any atom is -0.355 e. The summed E-state index contributed by atoms with van der Waals surface area (Å²) in [7, 11) is 0. The van der Waals surface area contributed by atoms with E-state index in [1.54, 1.807) is 0 Å². The molecule has 2 saturated heterocycles. The summed E-state index contributed by atoms with van der Waals surface area (Å²) in [5.74, 6) is 1.10. The van der Waals surface area contributed by atoms with E-state index in [1.807, 2.05) is 0 Å².